The van der Waals surface area contributed by atoms with Gasteiger partial charge in [0.05, 0.1) is 6.61 Å². The van der Waals surface area contributed by atoms with E-state index in [-0.39, 0.29) is 5.91 Å². The highest BCUT2D eigenvalue weighted by Gasteiger charge is 2.22. The van der Waals surface area contributed by atoms with Crippen LogP contribution in [0.5, 0.6) is 0 Å². The van der Waals surface area contributed by atoms with E-state index in [4.69, 9.17) is 16.3 Å². The van der Waals surface area contributed by atoms with Crippen molar-refractivity contribution < 1.29 is 9.53 Å². The Morgan fingerprint density at radius 3 is 3.14 bits per heavy atom. The van der Waals surface area contributed by atoms with Gasteiger partial charge in [0.2, 0.25) is 0 Å². The second-order valence-electron chi connectivity index (χ2n) is 4.95. The van der Waals surface area contributed by atoms with E-state index in [1.54, 1.807) is 6.20 Å². The number of carbonyl (C=O) groups excluding carboxylic acids is 1. The Balaban J connectivity index is 1.61. The lowest BCUT2D eigenvalue weighted by molar-refractivity contribution is -0.128. The highest BCUT2D eigenvalue weighted by molar-refractivity contribution is 7.15. The number of nitrogens with one attached hydrogen (secondary N) is 2. The summed E-state index contributed by atoms with van der Waals surface area (Å²) in [5, 5.41) is 7.25. The van der Waals surface area contributed by atoms with Crippen LogP contribution in [0.25, 0.3) is 0 Å². The molecule has 2 aromatic rings. The number of morpholine rings is 1. The maximum Gasteiger partial charge on any atom is 0.256 e. The highest BCUT2D eigenvalue weighted by Crippen LogP contribution is 2.24. The molecule has 0 saturated carbocycles. The lowest BCUT2D eigenvalue weighted by atomic mass is 10.1. The summed E-state index contributed by atoms with van der Waals surface area (Å²) in [7, 11) is 0. The van der Waals surface area contributed by atoms with E-state index in [1.165, 1.54) is 11.3 Å². The van der Waals surface area contributed by atoms with Crippen molar-refractivity contribution in [3.8, 4) is 0 Å². The van der Waals surface area contributed by atoms with E-state index in [0.29, 0.717) is 24.7 Å². The number of anilines is 1. The van der Waals surface area contributed by atoms with Gasteiger partial charge in [-0.15, -0.1) is 11.3 Å². The van der Waals surface area contributed by atoms with Gasteiger partial charge in [0.15, 0.2) is 5.13 Å². The number of hydrogen-bond donors (Lipinski definition) is 2. The Labute approximate surface area is 137 Å². The molecule has 1 aliphatic heterocycles. The summed E-state index contributed by atoms with van der Waals surface area (Å²) >= 11 is 7.61. The number of aromatic nitrogens is 1. The van der Waals surface area contributed by atoms with Gasteiger partial charge in [-0.1, -0.05) is 29.8 Å². The molecular formula is C15H16ClN3O2S. The van der Waals surface area contributed by atoms with E-state index < -0.39 is 6.10 Å². The fourth-order valence-electron chi connectivity index (χ4n) is 2.20. The lowest BCUT2D eigenvalue weighted by Gasteiger charge is -2.22. The number of ether oxygens (including phenoxy) is 1. The molecule has 1 saturated heterocycles. The van der Waals surface area contributed by atoms with Crippen molar-refractivity contribution in [2.24, 2.45) is 0 Å². The van der Waals surface area contributed by atoms with Crippen LogP contribution in [0.1, 0.15) is 10.4 Å². The number of thiazole rings is 1. The van der Waals surface area contributed by atoms with Crippen molar-refractivity contribution in [1.29, 1.82) is 0 Å². The van der Waals surface area contributed by atoms with Gasteiger partial charge in [-0.2, -0.15) is 0 Å². The number of amides is 1. The van der Waals surface area contributed by atoms with Crippen LogP contribution in [0.4, 0.5) is 5.13 Å². The average molecular weight is 338 g/mol. The van der Waals surface area contributed by atoms with Gasteiger partial charge in [0.25, 0.3) is 5.91 Å². The van der Waals surface area contributed by atoms with Crippen molar-refractivity contribution in [3.63, 3.8) is 0 Å². The molecule has 2 heterocycles. The summed E-state index contributed by atoms with van der Waals surface area (Å²) < 4.78 is 5.41. The van der Waals surface area contributed by atoms with Crippen molar-refractivity contribution in [1.82, 2.24) is 10.3 Å². The maximum atomic E-state index is 12.1. The Bertz CT molecular complexity index is 656. The molecule has 0 spiro atoms. The topological polar surface area (TPSA) is 63.2 Å². The Kier molecular flexibility index (Phi) is 5.04. The standard InChI is InChI=1S/C15H16ClN3O2S/c16-12-4-2-1-3-10(12)7-11-8-18-15(22-11)19-14(20)13-9-17-5-6-21-13/h1-4,8,13,17H,5-7,9H2,(H,18,19,20). The zero-order chi connectivity index (χ0) is 15.4. The fraction of sp³-hybridized carbons (Fsp3) is 0.333. The molecule has 2 N–H and O–H groups in total. The first-order chi connectivity index (χ1) is 10.7. The molecule has 1 atom stereocenters. The molecule has 0 radical (unpaired) electrons. The van der Waals surface area contributed by atoms with Crippen LogP contribution >= 0.6 is 22.9 Å². The van der Waals surface area contributed by atoms with Gasteiger partial charge in [-0.05, 0) is 11.6 Å². The molecule has 22 heavy (non-hydrogen) atoms. The molecule has 0 aliphatic carbocycles. The van der Waals surface area contributed by atoms with Gasteiger partial charge in [-0.3, -0.25) is 10.1 Å². The fourth-order valence-corrected chi connectivity index (χ4v) is 3.24. The number of hydrogen-bond acceptors (Lipinski definition) is 5. The van der Waals surface area contributed by atoms with Crippen molar-refractivity contribution in [3.05, 3.63) is 45.9 Å². The molecule has 1 amide bonds. The van der Waals surface area contributed by atoms with Crippen LogP contribution in [0.15, 0.2) is 30.5 Å². The molecule has 7 heteroatoms. The second kappa shape index (κ2) is 7.19. The van der Waals surface area contributed by atoms with E-state index in [9.17, 15) is 4.79 Å². The quantitative estimate of drug-likeness (QED) is 0.898. The minimum absolute atomic E-state index is 0.161. The summed E-state index contributed by atoms with van der Waals surface area (Å²) in [6.07, 6.45) is 2.02. The summed E-state index contributed by atoms with van der Waals surface area (Å²) in [4.78, 5) is 17.4. The SMILES string of the molecule is O=C(Nc1ncc(Cc2ccccc2Cl)s1)C1CNCCO1. The van der Waals surface area contributed by atoms with Crippen LogP contribution in [0.3, 0.4) is 0 Å². The summed E-state index contributed by atoms with van der Waals surface area (Å²) in [5.74, 6) is -0.161. The van der Waals surface area contributed by atoms with Gasteiger partial charge in [0.1, 0.15) is 6.10 Å². The van der Waals surface area contributed by atoms with Crippen LogP contribution < -0.4 is 10.6 Å². The van der Waals surface area contributed by atoms with Gasteiger partial charge >= 0.3 is 0 Å². The third-order valence-electron chi connectivity index (χ3n) is 3.33. The minimum Gasteiger partial charge on any atom is -0.366 e. The van der Waals surface area contributed by atoms with E-state index >= 15 is 0 Å². The van der Waals surface area contributed by atoms with Crippen LogP contribution in [0, 0.1) is 0 Å². The smallest absolute Gasteiger partial charge is 0.256 e. The number of carbonyl (C=O) groups is 1. The average Bonchev–Trinajstić information content (AvgIpc) is 2.97. The third kappa shape index (κ3) is 3.84. The number of nitrogens with zero attached hydrogens (tertiary/aromatic N) is 1. The highest BCUT2D eigenvalue weighted by atomic mass is 35.5. The van der Waals surface area contributed by atoms with Gasteiger partial charge in [-0.25, -0.2) is 4.98 Å². The van der Waals surface area contributed by atoms with Gasteiger partial charge < -0.3 is 10.1 Å². The molecule has 1 aliphatic rings. The van der Waals surface area contributed by atoms with E-state index in [0.717, 1.165) is 22.0 Å². The molecule has 116 valence electrons. The maximum absolute atomic E-state index is 12.1. The molecule has 5 nitrogen and oxygen atoms in total. The van der Waals surface area contributed by atoms with Gasteiger partial charge in [0, 0.05) is 35.6 Å². The predicted octanol–water partition coefficient (Wildman–Crippen LogP) is 2.31. The normalized spacial score (nSPS) is 18.1. The molecular weight excluding hydrogens is 322 g/mol. The molecule has 3 rings (SSSR count). The molecule has 1 aromatic heterocycles. The van der Waals surface area contributed by atoms with Crippen LogP contribution in [-0.4, -0.2) is 36.7 Å². The summed E-state index contributed by atoms with van der Waals surface area (Å²) in [6.45, 7) is 1.86. The predicted molar refractivity (Wildman–Crippen MR) is 87.6 cm³/mol. The number of benzene rings is 1. The minimum atomic E-state index is -0.454. The van der Waals surface area contributed by atoms with Crippen molar-refractivity contribution in [2.45, 2.75) is 12.5 Å². The first-order valence-corrected chi connectivity index (χ1v) is 8.23. The molecule has 1 fully saturated rings. The zero-order valence-electron chi connectivity index (χ0n) is 11.8. The molecule has 1 unspecified atom stereocenters. The summed E-state index contributed by atoms with van der Waals surface area (Å²) in [6, 6.07) is 7.72. The molecule has 1 aromatic carbocycles. The monoisotopic (exact) mass is 337 g/mol. The zero-order valence-corrected chi connectivity index (χ0v) is 13.4. The number of rotatable bonds is 4. The van der Waals surface area contributed by atoms with E-state index in [1.807, 2.05) is 24.3 Å². The second-order valence-corrected chi connectivity index (χ2v) is 6.48. The largest absolute Gasteiger partial charge is 0.366 e. The summed E-state index contributed by atoms with van der Waals surface area (Å²) in [5.41, 5.74) is 1.05. The first kappa shape index (κ1) is 15.4. The Morgan fingerprint density at radius 1 is 1.50 bits per heavy atom. The Hall–Kier alpha value is -1.47. The molecule has 0 bridgehead atoms. The lowest BCUT2D eigenvalue weighted by Crippen LogP contribution is -2.45. The van der Waals surface area contributed by atoms with Crippen molar-refractivity contribution in [2.75, 3.05) is 25.0 Å². The van der Waals surface area contributed by atoms with Crippen molar-refractivity contribution >= 4 is 34.0 Å². The third-order valence-corrected chi connectivity index (χ3v) is 4.61. The van der Waals surface area contributed by atoms with Crippen LogP contribution in [-0.2, 0) is 16.0 Å². The number of halogens is 1. The van der Waals surface area contributed by atoms with E-state index in [2.05, 4.69) is 15.6 Å². The Morgan fingerprint density at radius 2 is 2.36 bits per heavy atom. The van der Waals surface area contributed by atoms with Crippen LogP contribution in [0.2, 0.25) is 5.02 Å². The first-order valence-electron chi connectivity index (χ1n) is 7.03.